The van der Waals surface area contributed by atoms with E-state index in [4.69, 9.17) is 0 Å². The lowest BCUT2D eigenvalue weighted by Crippen LogP contribution is -1.94. The number of nitrogens with zero attached hydrogens (tertiary/aromatic N) is 3. The molecule has 1 aromatic rings. The third kappa shape index (κ3) is 1.28. The monoisotopic (exact) mass is 125 g/mol. The summed E-state index contributed by atoms with van der Waals surface area (Å²) in [6.45, 7) is 5.01. The van der Waals surface area contributed by atoms with E-state index in [-0.39, 0.29) is 0 Å². The third-order valence-electron chi connectivity index (χ3n) is 1.22. The lowest BCUT2D eigenvalue weighted by atomic mass is 10.5. The Kier molecular flexibility index (Phi) is 1.82. The van der Waals surface area contributed by atoms with Crippen LogP contribution in [-0.2, 0) is 13.0 Å². The van der Waals surface area contributed by atoms with Crippen LogP contribution in [0.2, 0.25) is 0 Å². The molecule has 3 nitrogen and oxygen atoms in total. The highest BCUT2D eigenvalue weighted by atomic mass is 15.3. The molecule has 0 aromatic carbocycles. The van der Waals surface area contributed by atoms with Crippen molar-refractivity contribution in [2.75, 3.05) is 0 Å². The van der Waals surface area contributed by atoms with Crippen LogP contribution >= 0.6 is 0 Å². The van der Waals surface area contributed by atoms with Crippen LogP contribution in [0.4, 0.5) is 0 Å². The van der Waals surface area contributed by atoms with E-state index in [1.165, 1.54) is 0 Å². The van der Waals surface area contributed by atoms with Crippen molar-refractivity contribution in [3.63, 3.8) is 0 Å². The zero-order chi connectivity index (χ0) is 6.69. The van der Waals surface area contributed by atoms with Crippen LogP contribution in [0.15, 0.2) is 6.33 Å². The molecule has 0 fully saturated rings. The van der Waals surface area contributed by atoms with E-state index in [9.17, 15) is 0 Å². The Labute approximate surface area is 54.7 Å². The van der Waals surface area contributed by atoms with Crippen molar-refractivity contribution < 1.29 is 0 Å². The molecule has 0 saturated carbocycles. The van der Waals surface area contributed by atoms with Gasteiger partial charge in [-0.05, 0) is 6.92 Å². The Hall–Kier alpha value is -0.860. The molecule has 0 aliphatic rings. The molecular formula is C6H11N3. The summed E-state index contributed by atoms with van der Waals surface area (Å²) in [5, 5.41) is 4.15. The summed E-state index contributed by atoms with van der Waals surface area (Å²) in [5.41, 5.74) is 0. The largest absolute Gasteiger partial charge is 0.253 e. The Balaban J connectivity index is 2.74. The van der Waals surface area contributed by atoms with Gasteiger partial charge >= 0.3 is 0 Å². The molecule has 1 aromatic heterocycles. The van der Waals surface area contributed by atoms with Gasteiger partial charge in [0.2, 0.25) is 0 Å². The van der Waals surface area contributed by atoms with Gasteiger partial charge in [0.1, 0.15) is 12.2 Å². The molecule has 1 heterocycles. The Morgan fingerprint density at radius 1 is 1.56 bits per heavy atom. The number of aryl methyl sites for hydroxylation is 2. The molecule has 0 N–H and O–H groups in total. The van der Waals surface area contributed by atoms with Gasteiger partial charge < -0.3 is 0 Å². The molecule has 0 radical (unpaired) electrons. The van der Waals surface area contributed by atoms with Crippen LogP contribution in [0.3, 0.4) is 0 Å². The highest BCUT2D eigenvalue weighted by Gasteiger charge is 1.92. The zero-order valence-corrected chi connectivity index (χ0v) is 5.83. The summed E-state index contributed by atoms with van der Waals surface area (Å²) >= 11 is 0. The van der Waals surface area contributed by atoms with Gasteiger partial charge in [-0.1, -0.05) is 6.92 Å². The molecule has 0 aliphatic heterocycles. The molecule has 9 heavy (non-hydrogen) atoms. The average molecular weight is 125 g/mol. The molecular weight excluding hydrogens is 114 g/mol. The van der Waals surface area contributed by atoms with Crippen molar-refractivity contribution >= 4 is 0 Å². The van der Waals surface area contributed by atoms with E-state index in [1.54, 1.807) is 6.33 Å². The smallest absolute Gasteiger partial charge is 0.150 e. The van der Waals surface area contributed by atoms with Crippen molar-refractivity contribution in [2.45, 2.75) is 26.8 Å². The van der Waals surface area contributed by atoms with Crippen LogP contribution in [0.25, 0.3) is 0 Å². The van der Waals surface area contributed by atoms with Crippen molar-refractivity contribution in [3.05, 3.63) is 12.2 Å². The molecule has 0 bridgehead atoms. The van der Waals surface area contributed by atoms with Gasteiger partial charge in [-0.25, -0.2) is 4.98 Å². The predicted octanol–water partition coefficient (Wildman–Crippen LogP) is 0.860. The fourth-order valence-corrected chi connectivity index (χ4v) is 0.648. The summed E-state index contributed by atoms with van der Waals surface area (Å²) in [6, 6.07) is 0. The van der Waals surface area contributed by atoms with Crippen LogP contribution in [0.5, 0.6) is 0 Å². The normalized spacial score (nSPS) is 10.0. The minimum atomic E-state index is 0.910. The van der Waals surface area contributed by atoms with Gasteiger partial charge in [0.05, 0.1) is 0 Å². The summed E-state index contributed by atoms with van der Waals surface area (Å²) in [7, 11) is 0. The van der Waals surface area contributed by atoms with E-state index < -0.39 is 0 Å². The van der Waals surface area contributed by atoms with Gasteiger partial charge in [-0.3, -0.25) is 4.68 Å². The molecule has 3 heteroatoms. The first kappa shape index (κ1) is 6.26. The van der Waals surface area contributed by atoms with Crippen molar-refractivity contribution in [1.29, 1.82) is 0 Å². The topological polar surface area (TPSA) is 30.7 Å². The van der Waals surface area contributed by atoms with Gasteiger partial charge in [0.25, 0.3) is 0 Å². The number of hydrogen-bond donors (Lipinski definition) is 0. The standard InChI is InChI=1S/C6H11N3/c1-3-6-7-5-9(4-2)8-6/h5H,3-4H2,1-2H3. The SMILES string of the molecule is CCc1ncn(CC)n1. The first-order valence-electron chi connectivity index (χ1n) is 3.25. The lowest BCUT2D eigenvalue weighted by Gasteiger charge is -1.88. The second-order valence-corrected chi connectivity index (χ2v) is 1.87. The van der Waals surface area contributed by atoms with Gasteiger partial charge in [-0.15, -0.1) is 0 Å². The quantitative estimate of drug-likeness (QED) is 0.587. The maximum Gasteiger partial charge on any atom is 0.150 e. The first-order chi connectivity index (χ1) is 4.36. The summed E-state index contributed by atoms with van der Waals surface area (Å²) in [4.78, 5) is 4.06. The van der Waals surface area contributed by atoms with E-state index in [0.717, 1.165) is 18.8 Å². The predicted molar refractivity (Wildman–Crippen MR) is 35.1 cm³/mol. The second-order valence-electron chi connectivity index (χ2n) is 1.87. The van der Waals surface area contributed by atoms with Gasteiger partial charge in [0, 0.05) is 13.0 Å². The molecule has 0 atom stereocenters. The van der Waals surface area contributed by atoms with Crippen LogP contribution in [0.1, 0.15) is 19.7 Å². The van der Waals surface area contributed by atoms with E-state index in [2.05, 4.69) is 17.0 Å². The average Bonchev–Trinajstić information content (AvgIpc) is 2.34. The second kappa shape index (κ2) is 2.62. The Morgan fingerprint density at radius 2 is 2.33 bits per heavy atom. The Bertz CT molecular complexity index is 162. The van der Waals surface area contributed by atoms with E-state index in [0.29, 0.717) is 0 Å². The van der Waals surface area contributed by atoms with E-state index >= 15 is 0 Å². The highest BCUT2D eigenvalue weighted by Crippen LogP contribution is 1.88. The summed E-state index contributed by atoms with van der Waals surface area (Å²) < 4.78 is 1.83. The molecule has 0 unspecified atom stereocenters. The minimum absolute atomic E-state index is 0.910. The highest BCUT2D eigenvalue weighted by molar-refractivity contribution is 4.78. The molecule has 50 valence electrons. The molecule has 0 saturated heterocycles. The number of aromatic nitrogens is 3. The molecule has 0 aliphatic carbocycles. The maximum absolute atomic E-state index is 4.15. The van der Waals surface area contributed by atoms with Gasteiger partial charge in [0.15, 0.2) is 0 Å². The van der Waals surface area contributed by atoms with Crippen molar-refractivity contribution in [1.82, 2.24) is 14.8 Å². The first-order valence-corrected chi connectivity index (χ1v) is 3.25. The van der Waals surface area contributed by atoms with Crippen molar-refractivity contribution in [2.24, 2.45) is 0 Å². The van der Waals surface area contributed by atoms with Crippen LogP contribution in [0, 0.1) is 0 Å². The number of rotatable bonds is 2. The van der Waals surface area contributed by atoms with Crippen LogP contribution in [-0.4, -0.2) is 14.8 Å². The minimum Gasteiger partial charge on any atom is -0.253 e. The van der Waals surface area contributed by atoms with Crippen molar-refractivity contribution in [3.8, 4) is 0 Å². The Morgan fingerprint density at radius 3 is 2.67 bits per heavy atom. The fraction of sp³-hybridized carbons (Fsp3) is 0.667. The van der Waals surface area contributed by atoms with E-state index in [1.807, 2.05) is 11.6 Å². The molecule has 0 amide bonds. The molecule has 1 rings (SSSR count). The van der Waals surface area contributed by atoms with Crippen LogP contribution < -0.4 is 0 Å². The lowest BCUT2D eigenvalue weighted by molar-refractivity contribution is 0.648. The zero-order valence-electron chi connectivity index (χ0n) is 5.83. The maximum atomic E-state index is 4.15. The molecule has 0 spiro atoms. The number of hydrogen-bond acceptors (Lipinski definition) is 2. The fourth-order valence-electron chi connectivity index (χ4n) is 0.648. The summed E-state index contributed by atoms with van der Waals surface area (Å²) in [5.74, 6) is 0.928. The third-order valence-corrected chi connectivity index (χ3v) is 1.22. The summed E-state index contributed by atoms with van der Waals surface area (Å²) in [6.07, 6.45) is 2.69. The van der Waals surface area contributed by atoms with Gasteiger partial charge in [-0.2, -0.15) is 5.10 Å².